The Morgan fingerprint density at radius 2 is 1.92 bits per heavy atom. The molecule has 2 aromatic rings. The third kappa shape index (κ3) is 5.45. The average Bonchev–Trinajstić information content (AvgIpc) is 2.60. The van der Waals surface area contributed by atoms with Crippen LogP contribution in [-0.2, 0) is 16.1 Å². The number of carbonyl (C=O) groups is 1. The van der Waals surface area contributed by atoms with Gasteiger partial charge in [0.15, 0.2) is 6.61 Å². The minimum Gasteiger partial charge on any atom is -0.386 e. The summed E-state index contributed by atoms with van der Waals surface area (Å²) in [6.07, 6.45) is 2.62. The number of oxime groups is 1. The molecular weight excluding hydrogens is 312 g/mol. The number of benzene rings is 2. The van der Waals surface area contributed by atoms with Crippen molar-refractivity contribution >= 4 is 17.8 Å². The zero-order chi connectivity index (χ0) is 18.2. The van der Waals surface area contributed by atoms with Crippen LogP contribution in [0.2, 0.25) is 0 Å². The van der Waals surface area contributed by atoms with Crippen molar-refractivity contribution < 1.29 is 9.63 Å². The molecule has 25 heavy (non-hydrogen) atoms. The van der Waals surface area contributed by atoms with Gasteiger partial charge in [-0.25, -0.2) is 0 Å². The second-order valence-electron chi connectivity index (χ2n) is 6.35. The molecule has 0 saturated heterocycles. The Bertz CT molecular complexity index is 734. The lowest BCUT2D eigenvalue weighted by Gasteiger charge is -2.16. The van der Waals surface area contributed by atoms with Crippen LogP contribution in [0.25, 0.3) is 0 Å². The number of hydrogen-bond acceptors (Lipinski definition) is 3. The first-order chi connectivity index (χ1) is 12.0. The molecule has 4 heteroatoms. The van der Waals surface area contributed by atoms with E-state index < -0.39 is 0 Å². The topological polar surface area (TPSA) is 50.7 Å². The predicted molar refractivity (Wildman–Crippen MR) is 103 cm³/mol. The molecule has 0 atom stereocenters. The van der Waals surface area contributed by atoms with Crippen molar-refractivity contribution in [3.63, 3.8) is 0 Å². The summed E-state index contributed by atoms with van der Waals surface area (Å²) in [5, 5.41) is 6.81. The van der Waals surface area contributed by atoms with Gasteiger partial charge in [0.2, 0.25) is 0 Å². The maximum absolute atomic E-state index is 12.1. The summed E-state index contributed by atoms with van der Waals surface area (Å²) >= 11 is 0. The van der Waals surface area contributed by atoms with E-state index in [2.05, 4.69) is 43.4 Å². The van der Waals surface area contributed by atoms with Gasteiger partial charge in [-0.05, 0) is 41.5 Å². The van der Waals surface area contributed by atoms with Crippen LogP contribution in [0.4, 0.5) is 5.69 Å². The van der Waals surface area contributed by atoms with Gasteiger partial charge in [0, 0.05) is 5.69 Å². The summed E-state index contributed by atoms with van der Waals surface area (Å²) in [6.45, 7) is 8.20. The minimum atomic E-state index is -0.213. The normalized spacial score (nSPS) is 11.1. The van der Waals surface area contributed by atoms with Crippen molar-refractivity contribution in [2.45, 2.75) is 40.0 Å². The SMILES string of the molecule is CCc1ccc(/C=N\OCC(=O)Nc2c(C)cccc2C(C)C)cc1. The Kier molecular flexibility index (Phi) is 6.75. The monoisotopic (exact) mass is 338 g/mol. The van der Waals surface area contributed by atoms with E-state index in [0.717, 1.165) is 28.8 Å². The van der Waals surface area contributed by atoms with Crippen molar-refractivity contribution in [2.75, 3.05) is 11.9 Å². The van der Waals surface area contributed by atoms with Gasteiger partial charge < -0.3 is 10.2 Å². The zero-order valence-electron chi connectivity index (χ0n) is 15.4. The van der Waals surface area contributed by atoms with Crippen LogP contribution in [0.15, 0.2) is 47.6 Å². The maximum Gasteiger partial charge on any atom is 0.265 e. The van der Waals surface area contributed by atoms with Crippen LogP contribution in [0.5, 0.6) is 0 Å². The second kappa shape index (κ2) is 9.02. The highest BCUT2D eigenvalue weighted by molar-refractivity contribution is 5.93. The van der Waals surface area contributed by atoms with Gasteiger partial charge in [-0.1, -0.05) is 68.4 Å². The molecule has 2 aromatic carbocycles. The maximum atomic E-state index is 12.1. The molecular formula is C21H26N2O2. The van der Waals surface area contributed by atoms with Crippen molar-refractivity contribution in [3.05, 3.63) is 64.7 Å². The highest BCUT2D eigenvalue weighted by atomic mass is 16.6. The molecule has 4 nitrogen and oxygen atoms in total. The van der Waals surface area contributed by atoms with Crippen LogP contribution in [0.1, 0.15) is 48.9 Å². The predicted octanol–water partition coefficient (Wildman–Crippen LogP) is 4.67. The summed E-state index contributed by atoms with van der Waals surface area (Å²) in [4.78, 5) is 17.3. The summed E-state index contributed by atoms with van der Waals surface area (Å²) in [7, 11) is 0. The van der Waals surface area contributed by atoms with Crippen molar-refractivity contribution in [1.82, 2.24) is 0 Å². The molecule has 0 aliphatic heterocycles. The second-order valence-corrected chi connectivity index (χ2v) is 6.35. The van der Waals surface area contributed by atoms with Crippen molar-refractivity contribution in [3.8, 4) is 0 Å². The van der Waals surface area contributed by atoms with E-state index >= 15 is 0 Å². The summed E-state index contributed by atoms with van der Waals surface area (Å²) in [5.74, 6) is 0.120. The summed E-state index contributed by atoms with van der Waals surface area (Å²) in [6, 6.07) is 14.1. The quantitative estimate of drug-likeness (QED) is 0.589. The van der Waals surface area contributed by atoms with Gasteiger partial charge in [0.1, 0.15) is 0 Å². The highest BCUT2D eigenvalue weighted by Crippen LogP contribution is 2.27. The van der Waals surface area contributed by atoms with E-state index in [1.165, 1.54) is 5.56 Å². The molecule has 0 unspecified atom stereocenters. The molecule has 0 saturated carbocycles. The molecule has 0 aliphatic carbocycles. The molecule has 2 rings (SSSR count). The Labute approximate surface area is 149 Å². The molecule has 0 bridgehead atoms. The smallest absolute Gasteiger partial charge is 0.265 e. The number of para-hydroxylation sites is 1. The van der Waals surface area contributed by atoms with E-state index in [1.54, 1.807) is 6.21 Å². The first kappa shape index (κ1) is 18.7. The van der Waals surface area contributed by atoms with E-state index in [1.807, 2.05) is 37.3 Å². The summed E-state index contributed by atoms with van der Waals surface area (Å²) < 4.78 is 0. The van der Waals surface area contributed by atoms with E-state index in [9.17, 15) is 4.79 Å². The molecule has 132 valence electrons. The lowest BCUT2D eigenvalue weighted by Crippen LogP contribution is -2.19. The molecule has 1 amide bonds. The fraction of sp³-hybridized carbons (Fsp3) is 0.333. The Balaban J connectivity index is 1.90. The van der Waals surface area contributed by atoms with Crippen LogP contribution < -0.4 is 5.32 Å². The molecule has 0 aromatic heterocycles. The van der Waals surface area contributed by atoms with E-state index in [0.29, 0.717) is 5.92 Å². The van der Waals surface area contributed by atoms with Gasteiger partial charge >= 0.3 is 0 Å². The number of aryl methyl sites for hydroxylation is 2. The first-order valence-electron chi connectivity index (χ1n) is 8.65. The van der Waals surface area contributed by atoms with Gasteiger partial charge in [-0.2, -0.15) is 0 Å². The minimum absolute atomic E-state index is 0.116. The number of nitrogens with zero attached hydrogens (tertiary/aromatic N) is 1. The molecule has 1 N–H and O–H groups in total. The van der Waals surface area contributed by atoms with Crippen LogP contribution in [0, 0.1) is 6.92 Å². The molecule has 0 spiro atoms. The Morgan fingerprint density at radius 1 is 1.20 bits per heavy atom. The number of amides is 1. The largest absolute Gasteiger partial charge is 0.386 e. The number of nitrogens with one attached hydrogen (secondary N) is 1. The van der Waals surface area contributed by atoms with Gasteiger partial charge in [-0.3, -0.25) is 4.79 Å². The molecule has 0 radical (unpaired) electrons. The van der Waals surface area contributed by atoms with Crippen LogP contribution in [0.3, 0.4) is 0 Å². The lowest BCUT2D eigenvalue weighted by molar-refractivity contribution is -0.120. The number of carbonyl (C=O) groups excluding carboxylic acids is 1. The third-order valence-corrected chi connectivity index (χ3v) is 4.05. The average molecular weight is 338 g/mol. The standard InChI is InChI=1S/C21H26N2O2/c1-5-17-9-11-18(12-10-17)13-22-25-14-20(24)23-21-16(4)7-6-8-19(21)15(2)3/h6-13,15H,5,14H2,1-4H3,(H,23,24)/b22-13-. The van der Waals surface area contributed by atoms with Crippen molar-refractivity contribution in [1.29, 1.82) is 0 Å². The third-order valence-electron chi connectivity index (χ3n) is 4.05. The molecule has 0 fully saturated rings. The lowest BCUT2D eigenvalue weighted by atomic mass is 9.98. The molecule has 0 aliphatic rings. The van der Waals surface area contributed by atoms with E-state index in [4.69, 9.17) is 4.84 Å². The van der Waals surface area contributed by atoms with Gasteiger partial charge in [0.25, 0.3) is 5.91 Å². The van der Waals surface area contributed by atoms with E-state index in [-0.39, 0.29) is 12.5 Å². The van der Waals surface area contributed by atoms with Crippen LogP contribution >= 0.6 is 0 Å². The number of hydrogen-bond donors (Lipinski definition) is 1. The number of anilines is 1. The van der Waals surface area contributed by atoms with Crippen molar-refractivity contribution in [2.24, 2.45) is 5.16 Å². The van der Waals surface area contributed by atoms with Gasteiger partial charge in [-0.15, -0.1) is 0 Å². The Morgan fingerprint density at radius 3 is 2.56 bits per heavy atom. The molecule has 0 heterocycles. The zero-order valence-corrected chi connectivity index (χ0v) is 15.4. The first-order valence-corrected chi connectivity index (χ1v) is 8.65. The fourth-order valence-corrected chi connectivity index (χ4v) is 2.55. The highest BCUT2D eigenvalue weighted by Gasteiger charge is 2.12. The number of rotatable bonds is 7. The Hall–Kier alpha value is -2.62. The van der Waals surface area contributed by atoms with Crippen LogP contribution in [-0.4, -0.2) is 18.7 Å². The fourth-order valence-electron chi connectivity index (χ4n) is 2.55. The van der Waals surface area contributed by atoms with Gasteiger partial charge in [0.05, 0.1) is 6.21 Å². The summed E-state index contributed by atoms with van der Waals surface area (Å²) in [5.41, 5.74) is 5.24.